The average Bonchev–Trinajstić information content (AvgIpc) is 2.35. The van der Waals surface area contributed by atoms with Crippen LogP contribution in [-0.2, 0) is 23.0 Å². The quantitative estimate of drug-likeness (QED) is 0.903. The fraction of sp³-hybridized carbons (Fsp3) is 0.500. The van der Waals surface area contributed by atoms with E-state index in [1.807, 2.05) is 0 Å². The molecular formula is C12H17F3N2O2S. The van der Waals surface area contributed by atoms with Gasteiger partial charge < -0.3 is 5.73 Å². The summed E-state index contributed by atoms with van der Waals surface area (Å²) in [5.41, 5.74) is 6.47. The number of alkyl halides is 3. The van der Waals surface area contributed by atoms with Gasteiger partial charge in [0.05, 0.1) is 4.90 Å². The Bertz CT molecular complexity index is 571. The average molecular weight is 310 g/mol. The van der Waals surface area contributed by atoms with Crippen molar-refractivity contribution in [1.29, 1.82) is 0 Å². The monoisotopic (exact) mass is 310 g/mol. The highest BCUT2D eigenvalue weighted by atomic mass is 32.2. The molecule has 0 saturated carbocycles. The Morgan fingerprint density at radius 2 is 1.90 bits per heavy atom. The van der Waals surface area contributed by atoms with Crippen molar-refractivity contribution in [2.45, 2.75) is 31.0 Å². The number of sulfonamides is 1. The lowest BCUT2D eigenvalue weighted by Gasteiger charge is -2.20. The summed E-state index contributed by atoms with van der Waals surface area (Å²) < 4.78 is 61.9. The van der Waals surface area contributed by atoms with Crippen molar-refractivity contribution in [2.75, 3.05) is 13.6 Å². The summed E-state index contributed by atoms with van der Waals surface area (Å²) in [4.78, 5) is -0.116. The Kier molecular flexibility index (Phi) is 5.17. The van der Waals surface area contributed by atoms with E-state index in [0.717, 1.165) is 7.05 Å². The van der Waals surface area contributed by atoms with Crippen LogP contribution in [0.3, 0.4) is 0 Å². The topological polar surface area (TPSA) is 63.4 Å². The van der Waals surface area contributed by atoms with Gasteiger partial charge in [-0.3, -0.25) is 0 Å². The van der Waals surface area contributed by atoms with Crippen molar-refractivity contribution in [3.63, 3.8) is 0 Å². The van der Waals surface area contributed by atoms with Gasteiger partial charge in [-0.1, -0.05) is 19.1 Å². The van der Waals surface area contributed by atoms with Gasteiger partial charge in [-0.15, -0.1) is 0 Å². The molecule has 0 saturated heterocycles. The number of halogens is 3. The third-order valence-corrected chi connectivity index (χ3v) is 4.72. The summed E-state index contributed by atoms with van der Waals surface area (Å²) in [5.74, 6) is 0. The molecule has 0 spiro atoms. The lowest BCUT2D eigenvalue weighted by molar-refractivity contribution is -0.134. The third-order valence-electron chi connectivity index (χ3n) is 2.84. The predicted octanol–water partition coefficient (Wildman–Crippen LogP) is 1.89. The third kappa shape index (κ3) is 3.94. The van der Waals surface area contributed by atoms with E-state index in [4.69, 9.17) is 5.73 Å². The van der Waals surface area contributed by atoms with Crippen LogP contribution in [0.4, 0.5) is 13.2 Å². The van der Waals surface area contributed by atoms with E-state index < -0.39 is 22.7 Å². The zero-order valence-corrected chi connectivity index (χ0v) is 12.1. The van der Waals surface area contributed by atoms with Gasteiger partial charge in [-0.2, -0.15) is 17.5 Å². The number of hydrogen-bond acceptors (Lipinski definition) is 3. The van der Waals surface area contributed by atoms with E-state index in [1.165, 1.54) is 6.07 Å². The zero-order valence-electron chi connectivity index (χ0n) is 11.2. The number of nitrogens with two attached hydrogens (primary N) is 1. The van der Waals surface area contributed by atoms with E-state index in [1.54, 1.807) is 19.1 Å². The number of rotatable bonds is 5. The van der Waals surface area contributed by atoms with E-state index in [9.17, 15) is 21.6 Å². The first-order valence-corrected chi connectivity index (χ1v) is 7.40. The Labute approximate surface area is 116 Å². The summed E-state index contributed by atoms with van der Waals surface area (Å²) >= 11 is 0. The molecule has 0 aromatic heterocycles. The second-order valence-electron chi connectivity index (χ2n) is 4.38. The molecule has 0 aliphatic heterocycles. The lowest BCUT2D eigenvalue weighted by atomic mass is 10.1. The normalized spacial score (nSPS) is 12.9. The van der Waals surface area contributed by atoms with Crippen molar-refractivity contribution in [3.8, 4) is 0 Å². The summed E-state index contributed by atoms with van der Waals surface area (Å²) in [5, 5.41) is 0. The Balaban J connectivity index is 3.26. The number of nitrogens with zero attached hydrogens (tertiary/aromatic N) is 1. The van der Waals surface area contributed by atoms with Gasteiger partial charge in [-0.05, 0) is 23.6 Å². The van der Waals surface area contributed by atoms with Crippen molar-refractivity contribution in [1.82, 2.24) is 4.31 Å². The molecule has 114 valence electrons. The van der Waals surface area contributed by atoms with Gasteiger partial charge >= 0.3 is 6.18 Å². The van der Waals surface area contributed by atoms with E-state index >= 15 is 0 Å². The largest absolute Gasteiger partial charge is 0.402 e. The van der Waals surface area contributed by atoms with E-state index in [-0.39, 0.29) is 11.4 Å². The van der Waals surface area contributed by atoms with E-state index in [2.05, 4.69) is 0 Å². The second-order valence-corrected chi connectivity index (χ2v) is 6.39. The van der Waals surface area contributed by atoms with Crippen LogP contribution in [-0.4, -0.2) is 32.5 Å². The molecule has 0 atom stereocenters. The molecule has 0 aliphatic rings. The highest BCUT2D eigenvalue weighted by Gasteiger charge is 2.35. The second kappa shape index (κ2) is 6.11. The maximum atomic E-state index is 12.4. The molecular weight excluding hydrogens is 293 g/mol. The molecule has 0 bridgehead atoms. The molecule has 8 heteroatoms. The maximum Gasteiger partial charge on any atom is 0.402 e. The van der Waals surface area contributed by atoms with Gasteiger partial charge in [0.15, 0.2) is 0 Å². The molecule has 0 heterocycles. The number of aryl methyl sites for hydroxylation is 1. The van der Waals surface area contributed by atoms with Gasteiger partial charge in [0.1, 0.15) is 6.54 Å². The van der Waals surface area contributed by atoms with Crippen molar-refractivity contribution in [2.24, 2.45) is 5.73 Å². The molecule has 0 unspecified atom stereocenters. The van der Waals surface area contributed by atoms with Crippen molar-refractivity contribution in [3.05, 3.63) is 29.3 Å². The van der Waals surface area contributed by atoms with Crippen LogP contribution in [0.1, 0.15) is 18.1 Å². The summed E-state index contributed by atoms with van der Waals surface area (Å²) in [6.45, 7) is 0.334. The summed E-state index contributed by atoms with van der Waals surface area (Å²) in [6, 6.07) is 4.58. The fourth-order valence-electron chi connectivity index (χ4n) is 1.76. The van der Waals surface area contributed by atoms with Gasteiger partial charge in [-0.25, -0.2) is 8.42 Å². The van der Waals surface area contributed by atoms with Crippen LogP contribution < -0.4 is 5.73 Å². The fourth-order valence-corrected chi connectivity index (χ4v) is 3.26. The Morgan fingerprint density at radius 3 is 2.35 bits per heavy atom. The maximum absolute atomic E-state index is 12.4. The molecule has 0 aliphatic carbocycles. The molecule has 20 heavy (non-hydrogen) atoms. The van der Waals surface area contributed by atoms with E-state index in [0.29, 0.717) is 21.9 Å². The smallest absolute Gasteiger partial charge is 0.326 e. The SMILES string of the molecule is CCc1ccc(CN)cc1S(=O)(=O)N(C)CC(F)(F)F. The molecule has 0 radical (unpaired) electrons. The predicted molar refractivity (Wildman–Crippen MR) is 69.6 cm³/mol. The highest BCUT2D eigenvalue weighted by molar-refractivity contribution is 7.89. The van der Waals surface area contributed by atoms with Crippen LogP contribution in [0.25, 0.3) is 0 Å². The highest BCUT2D eigenvalue weighted by Crippen LogP contribution is 2.25. The molecule has 1 aromatic rings. The first-order chi connectivity index (χ1) is 9.11. The van der Waals surface area contributed by atoms with Crippen LogP contribution in [0.15, 0.2) is 23.1 Å². The van der Waals surface area contributed by atoms with Crippen LogP contribution in [0.2, 0.25) is 0 Å². The molecule has 0 fully saturated rings. The minimum atomic E-state index is -4.58. The standard InChI is InChI=1S/C12H17F3N2O2S/c1-3-10-5-4-9(7-16)6-11(10)20(18,19)17(2)8-12(13,14)15/h4-6H,3,7-8,16H2,1-2H3. The first-order valence-electron chi connectivity index (χ1n) is 5.96. The summed E-state index contributed by atoms with van der Waals surface area (Å²) in [6.07, 6.45) is -4.18. The van der Waals surface area contributed by atoms with Crippen LogP contribution in [0, 0.1) is 0 Å². The van der Waals surface area contributed by atoms with Crippen LogP contribution in [0.5, 0.6) is 0 Å². The summed E-state index contributed by atoms with van der Waals surface area (Å²) in [7, 11) is -3.28. The number of benzene rings is 1. The number of hydrogen-bond donors (Lipinski definition) is 1. The molecule has 1 aromatic carbocycles. The van der Waals surface area contributed by atoms with Gasteiger partial charge in [0, 0.05) is 13.6 Å². The van der Waals surface area contributed by atoms with Gasteiger partial charge in [0.25, 0.3) is 0 Å². The Morgan fingerprint density at radius 1 is 1.30 bits per heavy atom. The molecule has 2 N–H and O–H groups in total. The van der Waals surface area contributed by atoms with Crippen LogP contribution >= 0.6 is 0 Å². The zero-order chi connectivity index (χ0) is 15.6. The minimum Gasteiger partial charge on any atom is -0.326 e. The first kappa shape index (κ1) is 16.9. The molecule has 0 amide bonds. The minimum absolute atomic E-state index is 0.116. The lowest BCUT2D eigenvalue weighted by Crippen LogP contribution is -2.36. The molecule has 4 nitrogen and oxygen atoms in total. The molecule has 1 rings (SSSR count). The Hall–Kier alpha value is -1.12. The van der Waals surface area contributed by atoms with Crippen molar-refractivity contribution < 1.29 is 21.6 Å². The van der Waals surface area contributed by atoms with Gasteiger partial charge in [0.2, 0.25) is 10.0 Å². The van der Waals surface area contributed by atoms with Crippen molar-refractivity contribution >= 4 is 10.0 Å².